The Morgan fingerprint density at radius 2 is 1.85 bits per heavy atom. The van der Waals surface area contributed by atoms with Crippen molar-refractivity contribution in [1.29, 1.82) is 0 Å². The Morgan fingerprint density at radius 1 is 1.10 bits per heavy atom. The van der Waals surface area contributed by atoms with Crippen molar-refractivity contribution in [2.45, 2.75) is 25.9 Å². The fourth-order valence-corrected chi connectivity index (χ4v) is 2.47. The number of piperidine rings is 1. The molecular weight excluding hydrogens is 250 g/mol. The van der Waals surface area contributed by atoms with E-state index in [9.17, 15) is 0 Å². The number of anilines is 1. The fraction of sp³-hybridized carbons (Fsp3) is 0.375. The first-order chi connectivity index (χ1) is 9.81. The Morgan fingerprint density at radius 3 is 2.50 bits per heavy atom. The number of aromatic nitrogens is 2. The highest BCUT2D eigenvalue weighted by Crippen LogP contribution is 2.21. The number of rotatable bonds is 3. The van der Waals surface area contributed by atoms with Crippen LogP contribution in [0, 0.1) is 6.92 Å². The van der Waals surface area contributed by atoms with Crippen LogP contribution in [-0.2, 0) is 0 Å². The average Bonchev–Trinajstić information content (AvgIpc) is 2.51. The van der Waals surface area contributed by atoms with Gasteiger partial charge in [-0.3, -0.25) is 4.98 Å². The van der Waals surface area contributed by atoms with Crippen molar-refractivity contribution in [2.24, 2.45) is 0 Å². The molecule has 0 atom stereocenters. The first-order valence-corrected chi connectivity index (χ1v) is 7.05. The summed E-state index contributed by atoms with van der Waals surface area (Å²) in [4.78, 5) is 10.7. The molecule has 104 valence electrons. The zero-order valence-corrected chi connectivity index (χ0v) is 11.7. The van der Waals surface area contributed by atoms with Gasteiger partial charge in [0.05, 0.1) is 6.20 Å². The molecular formula is C16H19N3O. The quantitative estimate of drug-likeness (QED) is 0.859. The molecule has 1 aromatic heterocycles. The van der Waals surface area contributed by atoms with Crippen molar-refractivity contribution >= 4 is 5.82 Å². The van der Waals surface area contributed by atoms with E-state index < -0.39 is 0 Å². The van der Waals surface area contributed by atoms with Gasteiger partial charge in [0.1, 0.15) is 17.7 Å². The first-order valence-electron chi connectivity index (χ1n) is 7.05. The van der Waals surface area contributed by atoms with Crippen molar-refractivity contribution in [2.75, 3.05) is 18.0 Å². The highest BCUT2D eigenvalue weighted by Gasteiger charge is 2.21. The van der Waals surface area contributed by atoms with Crippen LogP contribution in [0.3, 0.4) is 0 Å². The van der Waals surface area contributed by atoms with E-state index in [1.54, 1.807) is 12.4 Å². The highest BCUT2D eigenvalue weighted by atomic mass is 16.5. The lowest BCUT2D eigenvalue weighted by Crippen LogP contribution is -2.38. The summed E-state index contributed by atoms with van der Waals surface area (Å²) in [6, 6.07) is 8.27. The number of benzene rings is 1. The van der Waals surface area contributed by atoms with Crippen molar-refractivity contribution < 1.29 is 4.74 Å². The molecule has 2 heterocycles. The molecule has 20 heavy (non-hydrogen) atoms. The molecule has 0 bridgehead atoms. The summed E-state index contributed by atoms with van der Waals surface area (Å²) in [6.07, 6.45) is 7.60. The molecule has 0 aliphatic carbocycles. The van der Waals surface area contributed by atoms with Crippen LogP contribution in [0.15, 0.2) is 42.9 Å². The van der Waals surface area contributed by atoms with Crippen molar-refractivity contribution in [3.8, 4) is 5.75 Å². The molecule has 2 aromatic rings. The van der Waals surface area contributed by atoms with Crippen molar-refractivity contribution in [3.05, 3.63) is 48.4 Å². The third kappa shape index (κ3) is 3.07. The maximum Gasteiger partial charge on any atom is 0.147 e. The molecule has 4 nitrogen and oxygen atoms in total. The van der Waals surface area contributed by atoms with E-state index >= 15 is 0 Å². The summed E-state index contributed by atoms with van der Waals surface area (Å²) in [5, 5.41) is 0. The second-order valence-electron chi connectivity index (χ2n) is 5.18. The SMILES string of the molecule is Cc1ccc(OC2CCN(c3cnccn3)CC2)cc1. The Balaban J connectivity index is 1.55. The molecule has 1 aliphatic rings. The molecule has 1 aromatic carbocycles. The maximum atomic E-state index is 6.03. The normalized spacial score (nSPS) is 16.1. The second-order valence-corrected chi connectivity index (χ2v) is 5.18. The Hall–Kier alpha value is -2.10. The van der Waals surface area contributed by atoms with Crippen LogP contribution >= 0.6 is 0 Å². The summed E-state index contributed by atoms with van der Waals surface area (Å²) < 4.78 is 6.03. The topological polar surface area (TPSA) is 38.2 Å². The summed E-state index contributed by atoms with van der Waals surface area (Å²) in [7, 11) is 0. The lowest BCUT2D eigenvalue weighted by atomic mass is 10.1. The van der Waals surface area contributed by atoms with Crippen LogP contribution < -0.4 is 9.64 Å². The zero-order chi connectivity index (χ0) is 13.8. The van der Waals surface area contributed by atoms with E-state index in [0.717, 1.165) is 37.5 Å². The van der Waals surface area contributed by atoms with Crippen molar-refractivity contribution in [3.63, 3.8) is 0 Å². The van der Waals surface area contributed by atoms with Gasteiger partial charge in [-0.05, 0) is 19.1 Å². The van der Waals surface area contributed by atoms with Gasteiger partial charge in [0.15, 0.2) is 0 Å². The van der Waals surface area contributed by atoms with Gasteiger partial charge in [-0.15, -0.1) is 0 Å². The largest absolute Gasteiger partial charge is 0.490 e. The third-order valence-corrected chi connectivity index (χ3v) is 3.64. The molecule has 0 saturated carbocycles. The van der Waals surface area contributed by atoms with E-state index in [1.807, 2.05) is 18.3 Å². The zero-order valence-electron chi connectivity index (χ0n) is 11.7. The van der Waals surface area contributed by atoms with Crippen LogP contribution in [0.2, 0.25) is 0 Å². The maximum absolute atomic E-state index is 6.03. The minimum Gasteiger partial charge on any atom is -0.490 e. The van der Waals surface area contributed by atoms with Gasteiger partial charge in [0.25, 0.3) is 0 Å². The molecule has 0 amide bonds. The lowest BCUT2D eigenvalue weighted by molar-refractivity contribution is 0.170. The summed E-state index contributed by atoms with van der Waals surface area (Å²) in [5.74, 6) is 1.93. The first kappa shape index (κ1) is 12.9. The predicted molar refractivity (Wildman–Crippen MR) is 79.1 cm³/mol. The third-order valence-electron chi connectivity index (χ3n) is 3.64. The van der Waals surface area contributed by atoms with E-state index in [2.05, 4.69) is 33.9 Å². The standard InChI is InChI=1S/C16H19N3O/c1-13-2-4-14(5-3-13)20-15-6-10-19(11-7-15)16-12-17-8-9-18-16/h2-5,8-9,12,15H,6-7,10-11H2,1H3. The molecule has 4 heteroatoms. The number of hydrogen-bond acceptors (Lipinski definition) is 4. The van der Waals surface area contributed by atoms with Gasteiger partial charge in [0, 0.05) is 38.3 Å². The number of hydrogen-bond donors (Lipinski definition) is 0. The molecule has 0 spiro atoms. The summed E-state index contributed by atoms with van der Waals surface area (Å²) >= 11 is 0. The van der Waals surface area contributed by atoms with Gasteiger partial charge in [-0.25, -0.2) is 4.98 Å². The van der Waals surface area contributed by atoms with E-state index in [0.29, 0.717) is 6.10 Å². The van der Waals surface area contributed by atoms with Gasteiger partial charge >= 0.3 is 0 Å². The molecule has 0 unspecified atom stereocenters. The number of nitrogens with zero attached hydrogens (tertiary/aromatic N) is 3. The smallest absolute Gasteiger partial charge is 0.147 e. The monoisotopic (exact) mass is 269 g/mol. The Kier molecular flexibility index (Phi) is 3.81. The molecule has 0 radical (unpaired) electrons. The van der Waals surface area contributed by atoms with Crippen LogP contribution in [0.4, 0.5) is 5.82 Å². The van der Waals surface area contributed by atoms with Crippen LogP contribution in [0.25, 0.3) is 0 Å². The summed E-state index contributed by atoms with van der Waals surface area (Å²) in [6.45, 7) is 4.02. The lowest BCUT2D eigenvalue weighted by Gasteiger charge is -2.32. The van der Waals surface area contributed by atoms with Gasteiger partial charge in [0.2, 0.25) is 0 Å². The number of aryl methyl sites for hydroxylation is 1. The molecule has 1 fully saturated rings. The molecule has 1 aliphatic heterocycles. The second kappa shape index (κ2) is 5.90. The number of ether oxygens (including phenoxy) is 1. The van der Waals surface area contributed by atoms with Gasteiger partial charge < -0.3 is 9.64 Å². The Bertz CT molecular complexity index is 533. The van der Waals surface area contributed by atoms with Crippen molar-refractivity contribution in [1.82, 2.24) is 9.97 Å². The average molecular weight is 269 g/mol. The Labute approximate surface area is 119 Å². The van der Waals surface area contributed by atoms with Crippen LogP contribution in [-0.4, -0.2) is 29.2 Å². The highest BCUT2D eigenvalue weighted by molar-refractivity contribution is 5.35. The van der Waals surface area contributed by atoms with E-state index in [-0.39, 0.29) is 0 Å². The van der Waals surface area contributed by atoms with Crippen LogP contribution in [0.1, 0.15) is 18.4 Å². The molecule has 1 saturated heterocycles. The fourth-order valence-electron chi connectivity index (χ4n) is 2.47. The summed E-state index contributed by atoms with van der Waals surface area (Å²) in [5.41, 5.74) is 1.26. The minimum atomic E-state index is 0.297. The van der Waals surface area contributed by atoms with E-state index in [1.165, 1.54) is 5.56 Å². The molecule has 0 N–H and O–H groups in total. The van der Waals surface area contributed by atoms with Gasteiger partial charge in [-0.2, -0.15) is 0 Å². The van der Waals surface area contributed by atoms with Crippen LogP contribution in [0.5, 0.6) is 5.75 Å². The molecule has 3 rings (SSSR count). The van der Waals surface area contributed by atoms with E-state index in [4.69, 9.17) is 4.74 Å². The van der Waals surface area contributed by atoms with Gasteiger partial charge in [-0.1, -0.05) is 17.7 Å². The minimum absolute atomic E-state index is 0.297. The predicted octanol–water partition coefficient (Wildman–Crippen LogP) is 2.83.